The van der Waals surface area contributed by atoms with E-state index in [1.165, 1.54) is 19.3 Å². The number of hydrogen-bond acceptors (Lipinski definition) is 3. The Morgan fingerprint density at radius 3 is 2.46 bits per heavy atom. The van der Waals surface area contributed by atoms with Gasteiger partial charge in [0.15, 0.2) is 0 Å². The lowest BCUT2D eigenvalue weighted by molar-refractivity contribution is 0.660. The molecule has 0 saturated heterocycles. The largest absolute Gasteiger partial charge is 0.320 e. The van der Waals surface area contributed by atoms with Crippen molar-refractivity contribution >= 4 is 38.1 Å². The lowest BCUT2D eigenvalue weighted by atomic mass is 10.0. The second-order valence-electron chi connectivity index (χ2n) is 7.38. The molecule has 0 atom stereocenters. The van der Waals surface area contributed by atoms with Gasteiger partial charge in [0.2, 0.25) is 0 Å². The zero-order chi connectivity index (χ0) is 19.1. The molecule has 2 aromatic carbocycles. The van der Waals surface area contributed by atoms with E-state index in [1.54, 1.807) is 4.52 Å². The summed E-state index contributed by atoms with van der Waals surface area (Å²) in [6.07, 6.45) is 5.59. The minimum atomic E-state index is -0.133. The third-order valence-corrected chi connectivity index (χ3v) is 5.57. The van der Waals surface area contributed by atoms with Crippen molar-refractivity contribution in [1.82, 2.24) is 19.8 Å². The van der Waals surface area contributed by atoms with Crippen LogP contribution in [0.4, 0.5) is 0 Å². The van der Waals surface area contributed by atoms with Gasteiger partial charge in [-0.3, -0.25) is 4.79 Å². The third kappa shape index (κ3) is 2.50. The van der Waals surface area contributed by atoms with Crippen LogP contribution in [-0.4, -0.2) is 19.8 Å². The molecule has 0 aliphatic carbocycles. The quantitative estimate of drug-likeness (QED) is 0.350. The fraction of sp³-hybridized carbons (Fsp3) is 0.261. The molecule has 5 aromatic rings. The molecular formula is C23H22N4O. The number of fused-ring (bicyclic) bond motifs is 8. The number of pyridine rings is 2. The number of aromatic amines is 1. The van der Waals surface area contributed by atoms with Crippen LogP contribution < -0.4 is 5.56 Å². The molecule has 0 amide bonds. The van der Waals surface area contributed by atoms with E-state index in [1.807, 2.05) is 30.3 Å². The van der Waals surface area contributed by atoms with E-state index in [-0.39, 0.29) is 5.56 Å². The smallest absolute Gasteiger partial charge is 0.275 e. The minimum absolute atomic E-state index is 0.133. The molecule has 0 spiro atoms. The maximum Gasteiger partial charge on any atom is 0.275 e. The van der Waals surface area contributed by atoms with Gasteiger partial charge < -0.3 is 4.98 Å². The third-order valence-electron chi connectivity index (χ3n) is 5.57. The van der Waals surface area contributed by atoms with Gasteiger partial charge in [-0.1, -0.05) is 73.9 Å². The number of hydrogen-bond donors (Lipinski definition) is 1. The summed E-state index contributed by atoms with van der Waals surface area (Å²) in [6.45, 7) is 2.21. The van der Waals surface area contributed by atoms with E-state index in [2.05, 4.69) is 40.4 Å². The molecule has 5 heteroatoms. The molecule has 5 nitrogen and oxygen atoms in total. The predicted molar refractivity (Wildman–Crippen MR) is 114 cm³/mol. The van der Waals surface area contributed by atoms with Gasteiger partial charge in [0.1, 0.15) is 5.52 Å². The molecule has 0 aliphatic heterocycles. The highest BCUT2D eigenvalue weighted by Crippen LogP contribution is 2.33. The van der Waals surface area contributed by atoms with E-state index in [0.717, 1.165) is 51.1 Å². The Morgan fingerprint density at radius 1 is 0.893 bits per heavy atom. The fourth-order valence-corrected chi connectivity index (χ4v) is 4.24. The number of nitrogens with zero attached hydrogens (tertiary/aromatic N) is 3. The highest BCUT2D eigenvalue weighted by atomic mass is 16.1. The lowest BCUT2D eigenvalue weighted by Crippen LogP contribution is -2.12. The number of aromatic nitrogens is 4. The monoisotopic (exact) mass is 370 g/mol. The normalized spacial score (nSPS) is 11.9. The summed E-state index contributed by atoms with van der Waals surface area (Å²) in [5, 5.41) is 13.0. The summed E-state index contributed by atoms with van der Waals surface area (Å²) in [4.78, 5) is 16.0. The van der Waals surface area contributed by atoms with E-state index >= 15 is 0 Å². The molecule has 3 aromatic heterocycles. The summed E-state index contributed by atoms with van der Waals surface area (Å²) < 4.78 is 1.75. The molecule has 1 N–H and O–H groups in total. The average Bonchev–Trinajstić information content (AvgIpc) is 3.15. The first-order valence-corrected chi connectivity index (χ1v) is 9.99. The molecule has 0 fully saturated rings. The number of benzene rings is 2. The van der Waals surface area contributed by atoms with Crippen molar-refractivity contribution in [2.24, 2.45) is 0 Å². The number of para-hydroxylation sites is 1. The minimum Gasteiger partial charge on any atom is -0.320 e. The number of aryl methyl sites for hydroxylation is 1. The maximum atomic E-state index is 13.0. The number of rotatable bonds is 5. The highest BCUT2D eigenvalue weighted by Gasteiger charge is 2.18. The van der Waals surface area contributed by atoms with E-state index in [9.17, 15) is 4.79 Å². The molecule has 0 aliphatic rings. The zero-order valence-electron chi connectivity index (χ0n) is 15.9. The topological polar surface area (TPSA) is 63.1 Å². The molecule has 0 bridgehead atoms. The van der Waals surface area contributed by atoms with Gasteiger partial charge in [0, 0.05) is 21.7 Å². The Morgan fingerprint density at radius 2 is 1.64 bits per heavy atom. The second-order valence-corrected chi connectivity index (χ2v) is 7.38. The molecule has 0 radical (unpaired) electrons. The van der Waals surface area contributed by atoms with Crippen molar-refractivity contribution in [3.8, 4) is 0 Å². The summed E-state index contributed by atoms with van der Waals surface area (Å²) in [5.74, 6) is 0. The standard InChI is InChI=1S/C23H22N4O/c1-2-3-4-5-14-19-21-16-11-7-6-10-15(16)20-17-12-8-9-13-18(17)24-23(28)22(20)27(21)26-25-19/h6-13H,2-5,14H2,1H3,(H,24,28). The van der Waals surface area contributed by atoms with Gasteiger partial charge in [-0.2, -0.15) is 0 Å². The van der Waals surface area contributed by atoms with Crippen molar-refractivity contribution in [2.45, 2.75) is 39.0 Å². The number of unbranched alkanes of at least 4 members (excludes halogenated alkanes) is 3. The fourth-order valence-electron chi connectivity index (χ4n) is 4.24. The van der Waals surface area contributed by atoms with Crippen molar-refractivity contribution in [2.75, 3.05) is 0 Å². The van der Waals surface area contributed by atoms with Gasteiger partial charge in [-0.15, -0.1) is 5.10 Å². The predicted octanol–water partition coefficient (Wildman–Crippen LogP) is 5.00. The van der Waals surface area contributed by atoms with E-state index in [4.69, 9.17) is 0 Å². The molecule has 140 valence electrons. The van der Waals surface area contributed by atoms with Crippen molar-refractivity contribution in [3.05, 3.63) is 64.6 Å². The van der Waals surface area contributed by atoms with Crippen LogP contribution in [0.5, 0.6) is 0 Å². The van der Waals surface area contributed by atoms with E-state index in [0.29, 0.717) is 5.52 Å². The highest BCUT2D eigenvalue weighted by molar-refractivity contribution is 6.21. The zero-order valence-corrected chi connectivity index (χ0v) is 15.9. The van der Waals surface area contributed by atoms with Crippen LogP contribution in [0.3, 0.4) is 0 Å². The second kappa shape index (κ2) is 6.75. The molecular weight excluding hydrogens is 348 g/mol. The first-order chi connectivity index (χ1) is 13.8. The Balaban J connectivity index is 1.89. The van der Waals surface area contributed by atoms with Crippen molar-refractivity contribution in [1.29, 1.82) is 0 Å². The molecule has 5 rings (SSSR count). The van der Waals surface area contributed by atoms with Gasteiger partial charge in [0.05, 0.1) is 11.2 Å². The summed E-state index contributed by atoms with van der Waals surface area (Å²) in [7, 11) is 0. The van der Waals surface area contributed by atoms with Crippen LogP contribution in [0, 0.1) is 0 Å². The van der Waals surface area contributed by atoms with Crippen LogP contribution in [-0.2, 0) is 6.42 Å². The molecule has 28 heavy (non-hydrogen) atoms. The van der Waals surface area contributed by atoms with Gasteiger partial charge in [0.25, 0.3) is 5.56 Å². The molecule has 3 heterocycles. The van der Waals surface area contributed by atoms with Crippen LogP contribution >= 0.6 is 0 Å². The lowest BCUT2D eigenvalue weighted by Gasteiger charge is -2.10. The van der Waals surface area contributed by atoms with Gasteiger partial charge >= 0.3 is 0 Å². The Kier molecular flexibility index (Phi) is 4.08. The average molecular weight is 370 g/mol. The Hall–Kier alpha value is -3.21. The molecule has 0 saturated carbocycles. The summed E-state index contributed by atoms with van der Waals surface area (Å²) in [5.41, 5.74) is 3.21. The van der Waals surface area contributed by atoms with Crippen LogP contribution in [0.25, 0.3) is 38.1 Å². The van der Waals surface area contributed by atoms with E-state index < -0.39 is 0 Å². The van der Waals surface area contributed by atoms with Gasteiger partial charge in [-0.25, -0.2) is 4.52 Å². The van der Waals surface area contributed by atoms with Gasteiger partial charge in [-0.05, 0) is 24.3 Å². The molecule has 0 unspecified atom stereocenters. The SMILES string of the molecule is CCCCCCc1nnn2c1c1ccccc1c1c3ccccc3[nH]c(=O)c12. The Bertz CT molecular complexity index is 1380. The number of nitrogens with one attached hydrogen (secondary N) is 1. The number of H-pyrrole nitrogens is 1. The Labute approximate surface area is 162 Å². The summed E-state index contributed by atoms with van der Waals surface area (Å²) >= 11 is 0. The maximum absolute atomic E-state index is 13.0. The van der Waals surface area contributed by atoms with Crippen LogP contribution in [0.15, 0.2) is 53.3 Å². The first-order valence-electron chi connectivity index (χ1n) is 9.99. The first kappa shape index (κ1) is 16.9. The van der Waals surface area contributed by atoms with Crippen molar-refractivity contribution < 1.29 is 0 Å². The van der Waals surface area contributed by atoms with Crippen molar-refractivity contribution in [3.63, 3.8) is 0 Å². The summed E-state index contributed by atoms with van der Waals surface area (Å²) in [6, 6.07) is 16.2. The van der Waals surface area contributed by atoms with Crippen LogP contribution in [0.2, 0.25) is 0 Å². The van der Waals surface area contributed by atoms with Crippen LogP contribution in [0.1, 0.15) is 38.3 Å².